The smallest absolute Gasteiger partial charge is 0.166 e. The van der Waals surface area contributed by atoms with Gasteiger partial charge in [0.15, 0.2) is 5.82 Å². The van der Waals surface area contributed by atoms with Gasteiger partial charge in [-0.2, -0.15) is 5.26 Å². The van der Waals surface area contributed by atoms with Crippen LogP contribution in [0.15, 0.2) is 24.4 Å². The molecule has 1 heterocycles. The third kappa shape index (κ3) is 2.03. The Morgan fingerprint density at radius 1 is 1.41 bits per heavy atom. The molecule has 0 atom stereocenters. The first-order valence-electron chi connectivity index (χ1n) is 4.60. The lowest BCUT2D eigenvalue weighted by Crippen LogP contribution is -2.00. The average molecular weight is 249 g/mol. The second-order valence-electron chi connectivity index (χ2n) is 3.20. The molecule has 17 heavy (non-hydrogen) atoms. The van der Waals surface area contributed by atoms with Crippen LogP contribution in [0.1, 0.15) is 5.56 Å². The predicted molar refractivity (Wildman–Crippen MR) is 61.6 cm³/mol. The van der Waals surface area contributed by atoms with Gasteiger partial charge in [0.05, 0.1) is 16.8 Å². The molecule has 0 saturated heterocycles. The summed E-state index contributed by atoms with van der Waals surface area (Å²) in [5.74, 6) is -0.483. The quantitative estimate of drug-likeness (QED) is 0.841. The molecule has 0 amide bonds. The summed E-state index contributed by atoms with van der Waals surface area (Å²) < 4.78 is 13.6. The first-order valence-corrected chi connectivity index (χ1v) is 4.98. The maximum Gasteiger partial charge on any atom is 0.166 e. The Balaban J connectivity index is 2.63. The van der Waals surface area contributed by atoms with Crippen LogP contribution >= 0.6 is 11.6 Å². The molecule has 2 rings (SSSR count). The van der Waals surface area contributed by atoms with E-state index in [1.54, 1.807) is 0 Å². The van der Waals surface area contributed by atoms with Crippen molar-refractivity contribution >= 4 is 17.4 Å². The molecular weight excluding hydrogens is 243 g/mol. The normalized spacial score (nSPS) is 9.94. The van der Waals surface area contributed by atoms with Crippen molar-refractivity contribution in [2.75, 3.05) is 5.73 Å². The summed E-state index contributed by atoms with van der Waals surface area (Å²) in [5.41, 5.74) is 5.74. The molecule has 0 saturated carbocycles. The van der Waals surface area contributed by atoms with E-state index >= 15 is 0 Å². The Labute approximate surface area is 101 Å². The van der Waals surface area contributed by atoms with E-state index in [9.17, 15) is 4.39 Å². The minimum atomic E-state index is -0.540. The number of hydrogen-bond donors (Lipinski definition) is 1. The Morgan fingerprint density at radius 3 is 2.76 bits per heavy atom. The summed E-state index contributed by atoms with van der Waals surface area (Å²) in [4.78, 5) is 7.72. The van der Waals surface area contributed by atoms with Gasteiger partial charge in [0, 0.05) is 0 Å². The zero-order chi connectivity index (χ0) is 12.4. The van der Waals surface area contributed by atoms with Crippen molar-refractivity contribution in [3.8, 4) is 17.5 Å². The van der Waals surface area contributed by atoms with Gasteiger partial charge in [-0.05, 0) is 12.1 Å². The molecule has 84 valence electrons. The predicted octanol–water partition coefficient (Wildman–Crippen LogP) is 2.39. The third-order valence-electron chi connectivity index (χ3n) is 2.13. The number of nitrogen functional groups attached to an aromatic ring is 1. The van der Waals surface area contributed by atoms with Crippen LogP contribution in [0.5, 0.6) is 0 Å². The molecule has 1 aromatic heterocycles. The van der Waals surface area contributed by atoms with Gasteiger partial charge in [0.25, 0.3) is 0 Å². The molecule has 1 aromatic carbocycles. The number of nitriles is 1. The second kappa shape index (κ2) is 4.36. The summed E-state index contributed by atoms with van der Waals surface area (Å²) in [5, 5.41) is 8.87. The highest BCUT2D eigenvalue weighted by Gasteiger charge is 2.13. The number of halogens is 2. The Kier molecular flexibility index (Phi) is 2.90. The topological polar surface area (TPSA) is 75.6 Å². The molecule has 0 aliphatic heterocycles. The highest BCUT2D eigenvalue weighted by Crippen LogP contribution is 2.28. The van der Waals surface area contributed by atoms with Crippen LogP contribution in [0.25, 0.3) is 11.4 Å². The van der Waals surface area contributed by atoms with E-state index in [-0.39, 0.29) is 27.8 Å². The second-order valence-corrected chi connectivity index (χ2v) is 3.61. The molecule has 0 spiro atoms. The van der Waals surface area contributed by atoms with Crippen LogP contribution < -0.4 is 5.73 Å². The number of anilines is 1. The van der Waals surface area contributed by atoms with E-state index in [0.717, 1.165) is 0 Å². The van der Waals surface area contributed by atoms with Crippen molar-refractivity contribution in [3.63, 3.8) is 0 Å². The molecule has 2 aromatic rings. The van der Waals surface area contributed by atoms with E-state index < -0.39 is 5.82 Å². The van der Waals surface area contributed by atoms with Gasteiger partial charge < -0.3 is 5.73 Å². The molecule has 2 N–H and O–H groups in total. The SMILES string of the molecule is N#Cc1cnc(-c2c(F)cccc2Cl)nc1N. The van der Waals surface area contributed by atoms with Crippen LogP contribution in [-0.2, 0) is 0 Å². The molecular formula is C11H6ClFN4. The molecule has 0 unspecified atom stereocenters. The molecule has 0 aliphatic carbocycles. The largest absolute Gasteiger partial charge is 0.382 e. The fourth-order valence-corrected chi connectivity index (χ4v) is 1.56. The van der Waals surface area contributed by atoms with E-state index in [1.165, 1.54) is 24.4 Å². The average Bonchev–Trinajstić information content (AvgIpc) is 2.29. The third-order valence-corrected chi connectivity index (χ3v) is 2.44. The number of benzene rings is 1. The lowest BCUT2D eigenvalue weighted by Gasteiger charge is -2.05. The number of rotatable bonds is 1. The van der Waals surface area contributed by atoms with Gasteiger partial charge in [0.1, 0.15) is 23.3 Å². The summed E-state index contributed by atoms with van der Waals surface area (Å²) in [6.45, 7) is 0. The fourth-order valence-electron chi connectivity index (χ4n) is 1.31. The van der Waals surface area contributed by atoms with Crippen LogP contribution in [0, 0.1) is 17.1 Å². The van der Waals surface area contributed by atoms with E-state index in [4.69, 9.17) is 22.6 Å². The van der Waals surface area contributed by atoms with Crippen LogP contribution in [0.3, 0.4) is 0 Å². The zero-order valence-corrected chi connectivity index (χ0v) is 9.24. The molecule has 0 bridgehead atoms. The summed E-state index contributed by atoms with van der Waals surface area (Å²) in [6, 6.07) is 6.08. The van der Waals surface area contributed by atoms with Crippen molar-refractivity contribution in [2.45, 2.75) is 0 Å². The van der Waals surface area contributed by atoms with Crippen LogP contribution in [0.2, 0.25) is 5.02 Å². The maximum absolute atomic E-state index is 13.6. The Bertz CT molecular complexity index is 601. The number of nitrogens with zero attached hydrogens (tertiary/aromatic N) is 3. The zero-order valence-electron chi connectivity index (χ0n) is 8.48. The lowest BCUT2D eigenvalue weighted by atomic mass is 10.2. The van der Waals surface area contributed by atoms with Gasteiger partial charge in [-0.25, -0.2) is 14.4 Å². The van der Waals surface area contributed by atoms with Gasteiger partial charge in [-0.15, -0.1) is 0 Å². The van der Waals surface area contributed by atoms with Crippen molar-refractivity contribution in [1.29, 1.82) is 5.26 Å². The molecule has 0 aliphatic rings. The monoisotopic (exact) mass is 248 g/mol. The minimum absolute atomic E-state index is 0.00294. The van der Waals surface area contributed by atoms with Crippen molar-refractivity contribution in [1.82, 2.24) is 9.97 Å². The summed E-state index contributed by atoms with van der Waals surface area (Å²) in [6.07, 6.45) is 1.24. The molecule has 4 nitrogen and oxygen atoms in total. The Hall–Kier alpha value is -2.19. The summed E-state index contributed by atoms with van der Waals surface area (Å²) >= 11 is 5.86. The molecule has 6 heteroatoms. The van der Waals surface area contributed by atoms with Crippen molar-refractivity contribution in [2.24, 2.45) is 0 Å². The van der Waals surface area contributed by atoms with Crippen molar-refractivity contribution < 1.29 is 4.39 Å². The van der Waals surface area contributed by atoms with Gasteiger partial charge in [-0.3, -0.25) is 0 Å². The van der Waals surface area contributed by atoms with E-state index in [1.807, 2.05) is 6.07 Å². The van der Waals surface area contributed by atoms with Gasteiger partial charge in [0.2, 0.25) is 0 Å². The first kappa shape index (κ1) is 11.3. The molecule has 0 radical (unpaired) electrons. The highest BCUT2D eigenvalue weighted by atomic mass is 35.5. The van der Waals surface area contributed by atoms with E-state index in [2.05, 4.69) is 9.97 Å². The maximum atomic E-state index is 13.6. The minimum Gasteiger partial charge on any atom is -0.382 e. The van der Waals surface area contributed by atoms with Gasteiger partial charge in [-0.1, -0.05) is 17.7 Å². The van der Waals surface area contributed by atoms with E-state index in [0.29, 0.717) is 0 Å². The van der Waals surface area contributed by atoms with Crippen LogP contribution in [0.4, 0.5) is 10.2 Å². The highest BCUT2D eigenvalue weighted by molar-refractivity contribution is 6.33. The van der Waals surface area contributed by atoms with Crippen molar-refractivity contribution in [3.05, 3.63) is 40.8 Å². The van der Waals surface area contributed by atoms with Gasteiger partial charge >= 0.3 is 0 Å². The lowest BCUT2D eigenvalue weighted by molar-refractivity contribution is 0.630. The first-order chi connectivity index (χ1) is 8.13. The summed E-state index contributed by atoms with van der Waals surface area (Å²) in [7, 11) is 0. The Morgan fingerprint density at radius 2 is 2.18 bits per heavy atom. The standard InChI is InChI=1S/C11H6ClFN4/c12-7-2-1-3-8(13)9(7)11-16-5-6(4-14)10(15)17-11/h1-3,5H,(H2,15,16,17). The fraction of sp³-hybridized carbons (Fsp3) is 0. The molecule has 0 fully saturated rings. The van der Waals surface area contributed by atoms with Crippen LogP contribution in [-0.4, -0.2) is 9.97 Å². The number of hydrogen-bond acceptors (Lipinski definition) is 4. The number of nitrogens with two attached hydrogens (primary N) is 1. The number of aromatic nitrogens is 2.